The Hall–Kier alpha value is -3.49. The van der Waals surface area contributed by atoms with Crippen molar-refractivity contribution in [2.75, 3.05) is 24.5 Å². The van der Waals surface area contributed by atoms with Gasteiger partial charge in [-0.15, -0.1) is 0 Å². The molecule has 9 heteroatoms. The number of hydrogen-bond donors (Lipinski definition) is 3. The maximum Gasteiger partial charge on any atom is 0.251 e. The SMILES string of the molecule is O=C(NCCCNC(=O)C1CC(=O)N(c2cc(F)cc(F)c2)C1)c1cccc(O)c1. The van der Waals surface area contributed by atoms with Crippen molar-refractivity contribution in [3.05, 3.63) is 59.7 Å². The zero-order valence-electron chi connectivity index (χ0n) is 16.0. The number of anilines is 1. The molecule has 0 aliphatic carbocycles. The summed E-state index contributed by atoms with van der Waals surface area (Å²) in [6.45, 7) is 0.646. The molecule has 0 aromatic heterocycles. The van der Waals surface area contributed by atoms with Crippen molar-refractivity contribution in [1.82, 2.24) is 10.6 Å². The Labute approximate surface area is 171 Å². The molecule has 2 aromatic carbocycles. The molecule has 1 heterocycles. The molecule has 158 valence electrons. The second-order valence-corrected chi connectivity index (χ2v) is 6.98. The van der Waals surface area contributed by atoms with E-state index in [-0.39, 0.29) is 42.1 Å². The monoisotopic (exact) mass is 417 g/mol. The fraction of sp³-hybridized carbons (Fsp3) is 0.286. The minimum atomic E-state index is -0.793. The van der Waals surface area contributed by atoms with Crippen LogP contribution in [0.3, 0.4) is 0 Å². The largest absolute Gasteiger partial charge is 0.508 e. The second kappa shape index (κ2) is 9.34. The van der Waals surface area contributed by atoms with Crippen LogP contribution in [0.15, 0.2) is 42.5 Å². The molecule has 30 heavy (non-hydrogen) atoms. The zero-order chi connectivity index (χ0) is 21.7. The van der Waals surface area contributed by atoms with E-state index in [1.54, 1.807) is 12.1 Å². The summed E-state index contributed by atoms with van der Waals surface area (Å²) in [6.07, 6.45) is 0.425. The van der Waals surface area contributed by atoms with Crippen LogP contribution in [0.5, 0.6) is 5.75 Å². The van der Waals surface area contributed by atoms with Crippen LogP contribution in [0.25, 0.3) is 0 Å². The lowest BCUT2D eigenvalue weighted by molar-refractivity contribution is -0.126. The number of phenols is 1. The molecule has 2 aromatic rings. The Morgan fingerprint density at radius 2 is 1.77 bits per heavy atom. The summed E-state index contributed by atoms with van der Waals surface area (Å²) in [6, 6.07) is 8.77. The van der Waals surface area contributed by atoms with Crippen LogP contribution in [0.1, 0.15) is 23.2 Å². The number of nitrogens with zero attached hydrogens (tertiary/aromatic N) is 1. The predicted molar refractivity (Wildman–Crippen MR) is 105 cm³/mol. The van der Waals surface area contributed by atoms with E-state index in [0.29, 0.717) is 31.1 Å². The molecule has 1 unspecified atom stereocenters. The highest BCUT2D eigenvalue weighted by atomic mass is 19.1. The Balaban J connectivity index is 1.42. The molecule has 3 amide bonds. The molecule has 0 radical (unpaired) electrons. The van der Waals surface area contributed by atoms with Gasteiger partial charge in [0.2, 0.25) is 11.8 Å². The van der Waals surface area contributed by atoms with E-state index in [1.807, 2.05) is 0 Å². The number of benzene rings is 2. The fourth-order valence-corrected chi connectivity index (χ4v) is 3.22. The summed E-state index contributed by atoms with van der Waals surface area (Å²) < 4.78 is 26.8. The van der Waals surface area contributed by atoms with E-state index in [0.717, 1.165) is 12.1 Å². The fourth-order valence-electron chi connectivity index (χ4n) is 3.22. The highest BCUT2D eigenvalue weighted by Gasteiger charge is 2.35. The maximum absolute atomic E-state index is 13.4. The molecule has 1 aliphatic heterocycles. The number of phenolic OH excluding ortho intramolecular Hbond substituents is 1. The smallest absolute Gasteiger partial charge is 0.251 e. The number of aromatic hydroxyl groups is 1. The Kier molecular flexibility index (Phi) is 6.61. The van der Waals surface area contributed by atoms with Crippen LogP contribution < -0.4 is 15.5 Å². The van der Waals surface area contributed by atoms with E-state index in [4.69, 9.17) is 0 Å². The second-order valence-electron chi connectivity index (χ2n) is 6.98. The number of nitrogens with one attached hydrogen (secondary N) is 2. The lowest BCUT2D eigenvalue weighted by Crippen LogP contribution is -2.35. The standard InChI is InChI=1S/C21H21F2N3O4/c22-15-9-16(23)11-17(10-15)26-12-14(8-19(26)28)21(30)25-6-2-5-24-20(29)13-3-1-4-18(27)7-13/h1,3-4,7,9-11,14,27H,2,5-6,8,12H2,(H,24,29)(H,25,30). The van der Waals surface area contributed by atoms with Crippen LogP contribution in [0, 0.1) is 17.6 Å². The van der Waals surface area contributed by atoms with Gasteiger partial charge < -0.3 is 20.6 Å². The average Bonchev–Trinajstić information content (AvgIpc) is 3.08. The van der Waals surface area contributed by atoms with Gasteiger partial charge in [0.1, 0.15) is 17.4 Å². The van der Waals surface area contributed by atoms with Crippen LogP contribution in [0.4, 0.5) is 14.5 Å². The molecule has 7 nitrogen and oxygen atoms in total. The van der Waals surface area contributed by atoms with Crippen molar-refractivity contribution in [3.63, 3.8) is 0 Å². The van der Waals surface area contributed by atoms with Crippen LogP contribution in [-0.4, -0.2) is 42.5 Å². The number of carbonyl (C=O) groups is 3. The quantitative estimate of drug-likeness (QED) is 0.600. The molecule has 0 bridgehead atoms. The van der Waals surface area contributed by atoms with Gasteiger partial charge in [0, 0.05) is 43.4 Å². The van der Waals surface area contributed by atoms with Gasteiger partial charge in [-0.3, -0.25) is 14.4 Å². The minimum Gasteiger partial charge on any atom is -0.508 e. The number of carbonyl (C=O) groups excluding carboxylic acids is 3. The van der Waals surface area contributed by atoms with Gasteiger partial charge in [-0.2, -0.15) is 0 Å². The molecule has 1 aliphatic rings. The van der Waals surface area contributed by atoms with E-state index in [2.05, 4.69) is 10.6 Å². The molecule has 3 N–H and O–H groups in total. The summed E-state index contributed by atoms with van der Waals surface area (Å²) in [5, 5.41) is 14.8. The summed E-state index contributed by atoms with van der Waals surface area (Å²) in [4.78, 5) is 37.6. The van der Waals surface area contributed by atoms with Crippen molar-refractivity contribution in [1.29, 1.82) is 0 Å². The van der Waals surface area contributed by atoms with Gasteiger partial charge in [-0.05, 0) is 36.8 Å². The molecule has 3 rings (SSSR count). The predicted octanol–water partition coefficient (Wildman–Crippen LogP) is 1.96. The molecule has 1 atom stereocenters. The first kappa shape index (κ1) is 21.2. The molecule has 1 fully saturated rings. The van der Waals surface area contributed by atoms with E-state index in [1.165, 1.54) is 17.0 Å². The van der Waals surface area contributed by atoms with E-state index >= 15 is 0 Å². The van der Waals surface area contributed by atoms with Crippen LogP contribution >= 0.6 is 0 Å². The van der Waals surface area contributed by atoms with E-state index < -0.39 is 17.6 Å². The molecular formula is C21H21F2N3O4. The van der Waals surface area contributed by atoms with Gasteiger partial charge >= 0.3 is 0 Å². The molecular weight excluding hydrogens is 396 g/mol. The lowest BCUT2D eigenvalue weighted by atomic mass is 10.1. The van der Waals surface area contributed by atoms with Gasteiger partial charge in [0.25, 0.3) is 5.91 Å². The highest BCUT2D eigenvalue weighted by Crippen LogP contribution is 2.26. The minimum absolute atomic E-state index is 0.00366. The average molecular weight is 417 g/mol. The normalized spacial score (nSPS) is 15.9. The Morgan fingerprint density at radius 3 is 2.47 bits per heavy atom. The van der Waals surface area contributed by atoms with E-state index in [9.17, 15) is 28.3 Å². The van der Waals surface area contributed by atoms with Gasteiger partial charge in [-0.1, -0.05) is 6.07 Å². The van der Waals surface area contributed by atoms with Crippen molar-refractivity contribution in [2.45, 2.75) is 12.8 Å². The molecule has 1 saturated heterocycles. The van der Waals surface area contributed by atoms with Crippen LogP contribution in [0.2, 0.25) is 0 Å². The number of hydrogen-bond acceptors (Lipinski definition) is 4. The third-order valence-corrected chi connectivity index (χ3v) is 4.70. The van der Waals surface area contributed by atoms with Crippen LogP contribution in [-0.2, 0) is 9.59 Å². The number of rotatable bonds is 7. The van der Waals surface area contributed by atoms with Crippen molar-refractivity contribution >= 4 is 23.4 Å². The molecule has 0 spiro atoms. The number of amides is 3. The van der Waals surface area contributed by atoms with Gasteiger partial charge in [0.05, 0.1) is 5.92 Å². The third-order valence-electron chi connectivity index (χ3n) is 4.70. The summed E-state index contributed by atoms with van der Waals surface area (Å²) in [5.74, 6) is -3.25. The first-order chi connectivity index (χ1) is 14.3. The first-order valence-electron chi connectivity index (χ1n) is 9.45. The lowest BCUT2D eigenvalue weighted by Gasteiger charge is -2.17. The van der Waals surface area contributed by atoms with Crippen molar-refractivity contribution in [2.24, 2.45) is 5.92 Å². The Bertz CT molecular complexity index is 947. The third kappa shape index (κ3) is 5.31. The number of halogens is 2. The Morgan fingerprint density at radius 1 is 1.07 bits per heavy atom. The summed E-state index contributed by atoms with van der Waals surface area (Å²) in [5.41, 5.74) is 0.417. The van der Waals surface area contributed by atoms with Gasteiger partial charge in [0.15, 0.2) is 0 Å². The summed E-state index contributed by atoms with van der Waals surface area (Å²) in [7, 11) is 0. The maximum atomic E-state index is 13.4. The summed E-state index contributed by atoms with van der Waals surface area (Å²) >= 11 is 0. The van der Waals surface area contributed by atoms with Gasteiger partial charge in [-0.25, -0.2) is 8.78 Å². The zero-order valence-corrected chi connectivity index (χ0v) is 16.0. The van der Waals surface area contributed by atoms with Crippen molar-refractivity contribution in [3.8, 4) is 5.75 Å². The van der Waals surface area contributed by atoms with Crippen molar-refractivity contribution < 1.29 is 28.3 Å². The highest BCUT2D eigenvalue weighted by molar-refractivity contribution is 6.00. The topological polar surface area (TPSA) is 98.7 Å². The molecule has 0 saturated carbocycles. The first-order valence-corrected chi connectivity index (χ1v) is 9.45.